The van der Waals surface area contributed by atoms with Crippen LogP contribution in [-0.4, -0.2) is 44.2 Å². The van der Waals surface area contributed by atoms with E-state index in [1.54, 1.807) is 6.20 Å². The van der Waals surface area contributed by atoms with E-state index in [0.717, 1.165) is 71.9 Å². The van der Waals surface area contributed by atoms with Crippen molar-refractivity contribution in [3.05, 3.63) is 126 Å². The van der Waals surface area contributed by atoms with Crippen LogP contribution in [0.5, 0.6) is 11.5 Å². The molecular weight excluding hydrogens is 548 g/mol. The Balaban J connectivity index is 1.32. The molecule has 1 aliphatic rings. The average Bonchev–Trinajstić information content (AvgIpc) is 3.54. The number of β-amino-alcohol motifs (C(OH)–C–C–N with tert-alkyl or cyclic N) is 1. The van der Waals surface area contributed by atoms with Crippen molar-refractivity contribution in [2.45, 2.75) is 58.5 Å². The number of hydrogen-bond acceptors (Lipinski definition) is 6. The molecule has 1 unspecified atom stereocenters. The maximum atomic E-state index is 10.1. The van der Waals surface area contributed by atoms with Crippen LogP contribution in [-0.2, 0) is 19.8 Å². The number of piperidine rings is 1. The number of likely N-dealkylation sites (tertiary alicyclic amines) is 1. The second-order valence-corrected chi connectivity index (χ2v) is 11.8. The van der Waals surface area contributed by atoms with E-state index in [9.17, 15) is 5.11 Å². The van der Waals surface area contributed by atoms with Gasteiger partial charge in [0.15, 0.2) is 0 Å². The van der Waals surface area contributed by atoms with E-state index >= 15 is 0 Å². The van der Waals surface area contributed by atoms with E-state index in [1.807, 2.05) is 47.1 Å². The minimum atomic E-state index is -0.229. The molecule has 7 nitrogen and oxygen atoms in total. The molecule has 0 radical (unpaired) electrons. The van der Waals surface area contributed by atoms with Gasteiger partial charge in [-0.2, -0.15) is 0 Å². The van der Waals surface area contributed by atoms with Crippen molar-refractivity contribution in [3.8, 4) is 28.4 Å². The van der Waals surface area contributed by atoms with Crippen LogP contribution in [0.1, 0.15) is 54.9 Å². The van der Waals surface area contributed by atoms with Gasteiger partial charge in [0.1, 0.15) is 30.4 Å². The standard InChI is InChI=1S/C37H40N4O3/c1-27(2)33-20-34(37(44-26-30-12-7-4-8-13-30)21-36(33)43-25-29-10-5-3-6-11-29)41-35(22-38-39-41)31-17-15-28(16-18-31)23-40-19-9-14-32(42)24-40/h3-8,10-13,15-18,20-22,27,32,42H,9,14,19,23-26H2,1-2H3. The molecule has 2 heterocycles. The smallest absolute Gasteiger partial charge is 0.149 e. The van der Waals surface area contributed by atoms with Crippen molar-refractivity contribution in [2.24, 2.45) is 0 Å². The first kappa shape index (κ1) is 29.6. The summed E-state index contributed by atoms with van der Waals surface area (Å²) < 4.78 is 14.7. The minimum Gasteiger partial charge on any atom is -0.488 e. The molecule has 6 rings (SSSR count). The summed E-state index contributed by atoms with van der Waals surface area (Å²) >= 11 is 0. The molecule has 0 bridgehead atoms. The van der Waals surface area contributed by atoms with Gasteiger partial charge in [-0.1, -0.05) is 104 Å². The summed E-state index contributed by atoms with van der Waals surface area (Å²) in [4.78, 5) is 2.32. The number of nitrogens with zero attached hydrogens (tertiary/aromatic N) is 4. The number of aliphatic hydroxyl groups excluding tert-OH is 1. The largest absolute Gasteiger partial charge is 0.488 e. The third kappa shape index (κ3) is 7.18. The summed E-state index contributed by atoms with van der Waals surface area (Å²) in [5, 5.41) is 18.9. The van der Waals surface area contributed by atoms with Gasteiger partial charge < -0.3 is 14.6 Å². The Morgan fingerprint density at radius 3 is 2.11 bits per heavy atom. The number of hydrogen-bond donors (Lipinski definition) is 1. The molecule has 5 aromatic rings. The highest BCUT2D eigenvalue weighted by atomic mass is 16.5. The molecule has 0 amide bonds. The Hall–Kier alpha value is -4.46. The Morgan fingerprint density at radius 1 is 0.818 bits per heavy atom. The van der Waals surface area contributed by atoms with Crippen LogP contribution in [0.4, 0.5) is 0 Å². The Labute approximate surface area is 259 Å². The maximum Gasteiger partial charge on any atom is 0.149 e. The van der Waals surface area contributed by atoms with Crippen LogP contribution in [0, 0.1) is 0 Å². The topological polar surface area (TPSA) is 72.6 Å². The molecule has 4 aromatic carbocycles. The van der Waals surface area contributed by atoms with Gasteiger partial charge in [-0.15, -0.1) is 5.10 Å². The normalized spacial score (nSPS) is 15.4. The van der Waals surface area contributed by atoms with Gasteiger partial charge in [0, 0.05) is 24.7 Å². The molecule has 0 saturated carbocycles. The van der Waals surface area contributed by atoms with Crippen molar-refractivity contribution < 1.29 is 14.6 Å². The molecule has 7 heteroatoms. The predicted octanol–water partition coefficient (Wildman–Crippen LogP) is 7.17. The van der Waals surface area contributed by atoms with Gasteiger partial charge in [-0.25, -0.2) is 4.68 Å². The van der Waals surface area contributed by atoms with E-state index in [2.05, 4.69) is 83.7 Å². The van der Waals surface area contributed by atoms with Crippen LogP contribution < -0.4 is 9.47 Å². The molecule has 226 valence electrons. The molecule has 1 fully saturated rings. The van der Waals surface area contributed by atoms with Gasteiger partial charge in [-0.05, 0) is 53.6 Å². The van der Waals surface area contributed by atoms with Crippen LogP contribution in [0.2, 0.25) is 0 Å². The summed E-state index contributed by atoms with van der Waals surface area (Å²) in [5.74, 6) is 1.68. The van der Waals surface area contributed by atoms with Gasteiger partial charge in [0.2, 0.25) is 0 Å². The maximum absolute atomic E-state index is 10.1. The molecule has 1 aliphatic heterocycles. The summed E-state index contributed by atoms with van der Waals surface area (Å²) in [7, 11) is 0. The molecule has 1 aromatic heterocycles. The molecule has 0 aliphatic carbocycles. The zero-order chi connectivity index (χ0) is 30.3. The summed E-state index contributed by atoms with van der Waals surface area (Å²) in [6.07, 6.45) is 3.49. The zero-order valence-electron chi connectivity index (χ0n) is 25.5. The molecule has 1 atom stereocenters. The van der Waals surface area contributed by atoms with E-state index in [4.69, 9.17) is 9.47 Å². The van der Waals surface area contributed by atoms with Crippen molar-refractivity contribution >= 4 is 0 Å². The monoisotopic (exact) mass is 588 g/mol. The van der Waals surface area contributed by atoms with E-state index < -0.39 is 0 Å². The SMILES string of the molecule is CC(C)c1cc(-n2nncc2-c2ccc(CN3CCCC(O)C3)cc2)c(OCc2ccccc2)cc1OCc1ccccc1. The van der Waals surface area contributed by atoms with Gasteiger partial charge in [-0.3, -0.25) is 4.90 Å². The van der Waals surface area contributed by atoms with E-state index in [1.165, 1.54) is 5.56 Å². The Kier molecular flexibility index (Phi) is 9.34. The number of ether oxygens (including phenoxy) is 2. The fourth-order valence-electron chi connectivity index (χ4n) is 5.72. The van der Waals surface area contributed by atoms with Gasteiger partial charge in [0.05, 0.1) is 18.0 Å². The van der Waals surface area contributed by atoms with E-state index in [0.29, 0.717) is 19.0 Å². The quantitative estimate of drug-likeness (QED) is 0.176. The van der Waals surface area contributed by atoms with Crippen molar-refractivity contribution in [1.82, 2.24) is 19.9 Å². The number of rotatable bonds is 11. The summed E-state index contributed by atoms with van der Waals surface area (Å²) in [6, 6.07) is 33.0. The second-order valence-electron chi connectivity index (χ2n) is 11.8. The third-order valence-corrected chi connectivity index (χ3v) is 8.10. The molecular formula is C37H40N4O3. The highest BCUT2D eigenvalue weighted by Crippen LogP contribution is 2.38. The second kappa shape index (κ2) is 13.9. The van der Waals surface area contributed by atoms with Crippen LogP contribution in [0.3, 0.4) is 0 Å². The first-order chi connectivity index (χ1) is 21.5. The number of aliphatic hydroxyl groups is 1. The third-order valence-electron chi connectivity index (χ3n) is 8.10. The lowest BCUT2D eigenvalue weighted by atomic mass is 10.0. The summed E-state index contributed by atoms with van der Waals surface area (Å²) in [5.41, 5.74) is 7.18. The fourth-order valence-corrected chi connectivity index (χ4v) is 5.72. The molecule has 1 N–H and O–H groups in total. The van der Waals surface area contributed by atoms with Crippen molar-refractivity contribution in [2.75, 3.05) is 13.1 Å². The predicted molar refractivity (Wildman–Crippen MR) is 173 cm³/mol. The van der Waals surface area contributed by atoms with Gasteiger partial charge in [0.25, 0.3) is 0 Å². The lowest BCUT2D eigenvalue weighted by Crippen LogP contribution is -2.37. The summed E-state index contributed by atoms with van der Waals surface area (Å²) in [6.45, 7) is 7.79. The zero-order valence-corrected chi connectivity index (χ0v) is 25.5. The van der Waals surface area contributed by atoms with Crippen LogP contribution in [0.25, 0.3) is 16.9 Å². The first-order valence-corrected chi connectivity index (χ1v) is 15.5. The first-order valence-electron chi connectivity index (χ1n) is 15.5. The van der Waals surface area contributed by atoms with Gasteiger partial charge >= 0.3 is 0 Å². The number of benzene rings is 4. The lowest BCUT2D eigenvalue weighted by molar-refractivity contribution is 0.0668. The Bertz CT molecular complexity index is 1640. The van der Waals surface area contributed by atoms with Crippen molar-refractivity contribution in [3.63, 3.8) is 0 Å². The molecule has 0 spiro atoms. The highest BCUT2D eigenvalue weighted by Gasteiger charge is 2.21. The van der Waals surface area contributed by atoms with E-state index in [-0.39, 0.29) is 12.0 Å². The number of aromatic nitrogens is 3. The fraction of sp³-hybridized carbons (Fsp3) is 0.297. The minimum absolute atomic E-state index is 0.210. The van der Waals surface area contributed by atoms with Crippen molar-refractivity contribution in [1.29, 1.82) is 0 Å². The lowest BCUT2D eigenvalue weighted by Gasteiger charge is -2.30. The Morgan fingerprint density at radius 2 is 1.48 bits per heavy atom. The molecule has 1 saturated heterocycles. The average molecular weight is 589 g/mol. The van der Waals surface area contributed by atoms with Crippen LogP contribution >= 0.6 is 0 Å². The molecule has 44 heavy (non-hydrogen) atoms. The van der Waals surface area contributed by atoms with Crippen LogP contribution in [0.15, 0.2) is 103 Å². The highest BCUT2D eigenvalue weighted by molar-refractivity contribution is 5.65.